The molecule has 37 heavy (non-hydrogen) atoms. The highest BCUT2D eigenvalue weighted by molar-refractivity contribution is 6.04. The molecule has 0 aromatic rings. The molecule has 7 atom stereocenters. The molecule has 5 nitrogen and oxygen atoms in total. The SMILES string of the molecule is C=C1C=C2[C@@]3(C)C=C(C#N)C(=O)C(C)(C)[C@@H]3CC[C@@]2(C)[C@]2(C)CC[C@@]3(NC(N)=O)CCC(C)(C)CC3C12. The summed E-state index contributed by atoms with van der Waals surface area (Å²) in [5.41, 5.74) is 7.35. The Morgan fingerprint density at radius 2 is 1.73 bits per heavy atom. The van der Waals surface area contributed by atoms with Crippen LogP contribution in [-0.4, -0.2) is 17.4 Å². The van der Waals surface area contributed by atoms with Gasteiger partial charge in [0.1, 0.15) is 6.07 Å². The summed E-state index contributed by atoms with van der Waals surface area (Å²) >= 11 is 0. The zero-order chi connectivity index (χ0) is 27.4. The van der Waals surface area contributed by atoms with Crippen LogP contribution < -0.4 is 11.1 Å². The van der Waals surface area contributed by atoms with Crippen LogP contribution in [0.4, 0.5) is 4.79 Å². The predicted octanol–water partition coefficient (Wildman–Crippen LogP) is 6.61. The maximum Gasteiger partial charge on any atom is 0.312 e. The quantitative estimate of drug-likeness (QED) is 0.421. The summed E-state index contributed by atoms with van der Waals surface area (Å²) in [5.74, 6) is 0.624. The fourth-order valence-corrected chi connectivity index (χ4v) is 10.3. The molecule has 0 spiro atoms. The number of nitrogens with one attached hydrogen (secondary N) is 1. The average Bonchev–Trinajstić information content (AvgIpc) is 2.78. The van der Waals surface area contributed by atoms with E-state index < -0.39 is 11.4 Å². The number of carbonyl (C=O) groups is 2. The Bertz CT molecular complexity index is 1200. The zero-order valence-electron chi connectivity index (χ0n) is 23.9. The number of Topliss-reactive ketones (excluding diaryl/α,β-unsaturated/α-hetero) is 1. The molecule has 5 aliphatic rings. The molecule has 0 radical (unpaired) electrons. The lowest BCUT2D eigenvalue weighted by Crippen LogP contribution is -2.68. The number of ketones is 1. The number of urea groups is 1. The molecular formula is C32H45N3O2. The number of fused-ring (bicyclic) bond motifs is 7. The van der Waals surface area contributed by atoms with Gasteiger partial charge in [-0.15, -0.1) is 0 Å². The van der Waals surface area contributed by atoms with Gasteiger partial charge in [0.15, 0.2) is 5.78 Å². The van der Waals surface area contributed by atoms with Crippen molar-refractivity contribution in [2.24, 2.45) is 50.6 Å². The minimum atomic E-state index is -0.587. The highest BCUT2D eigenvalue weighted by Gasteiger charge is 2.68. The molecular weight excluding hydrogens is 458 g/mol. The van der Waals surface area contributed by atoms with E-state index in [1.54, 1.807) is 0 Å². The van der Waals surface area contributed by atoms with Gasteiger partial charge >= 0.3 is 6.03 Å². The molecule has 0 heterocycles. The molecule has 2 unspecified atom stereocenters. The summed E-state index contributed by atoms with van der Waals surface area (Å²) in [4.78, 5) is 25.5. The van der Waals surface area contributed by atoms with E-state index in [-0.39, 0.29) is 50.7 Å². The Balaban J connectivity index is 1.69. The number of nitrogens with two attached hydrogens (primary N) is 1. The first-order valence-corrected chi connectivity index (χ1v) is 14.1. The Morgan fingerprint density at radius 1 is 1.08 bits per heavy atom. The zero-order valence-corrected chi connectivity index (χ0v) is 23.9. The van der Waals surface area contributed by atoms with E-state index in [9.17, 15) is 14.9 Å². The van der Waals surface area contributed by atoms with Crippen LogP contribution in [0.15, 0.2) is 35.5 Å². The number of carbonyl (C=O) groups excluding carboxylic acids is 2. The highest BCUT2D eigenvalue weighted by atomic mass is 16.2. The van der Waals surface area contributed by atoms with Gasteiger partial charge in [0.2, 0.25) is 0 Å². The monoisotopic (exact) mass is 503 g/mol. The van der Waals surface area contributed by atoms with E-state index in [1.807, 2.05) is 19.9 Å². The van der Waals surface area contributed by atoms with Crippen molar-refractivity contribution in [1.82, 2.24) is 5.32 Å². The van der Waals surface area contributed by atoms with Gasteiger partial charge in [-0.25, -0.2) is 4.79 Å². The molecule has 0 saturated heterocycles. The van der Waals surface area contributed by atoms with Crippen molar-refractivity contribution < 1.29 is 9.59 Å². The Kier molecular flexibility index (Phi) is 5.40. The van der Waals surface area contributed by atoms with E-state index in [4.69, 9.17) is 12.3 Å². The fourth-order valence-electron chi connectivity index (χ4n) is 10.3. The lowest BCUT2D eigenvalue weighted by Gasteiger charge is -2.70. The number of allylic oxidation sites excluding steroid dienone is 5. The highest BCUT2D eigenvalue weighted by Crippen LogP contribution is 2.74. The molecule has 3 saturated carbocycles. The van der Waals surface area contributed by atoms with Crippen molar-refractivity contribution in [1.29, 1.82) is 5.26 Å². The van der Waals surface area contributed by atoms with Crippen molar-refractivity contribution in [3.8, 4) is 6.07 Å². The van der Waals surface area contributed by atoms with E-state index in [0.717, 1.165) is 50.5 Å². The first-order valence-electron chi connectivity index (χ1n) is 14.1. The summed E-state index contributed by atoms with van der Waals surface area (Å²) in [6.07, 6.45) is 11.3. The Labute approximate surface area is 223 Å². The largest absolute Gasteiger partial charge is 0.352 e. The molecule has 2 amide bonds. The van der Waals surface area contributed by atoms with Gasteiger partial charge in [0, 0.05) is 16.4 Å². The van der Waals surface area contributed by atoms with E-state index in [1.165, 1.54) is 5.57 Å². The number of amides is 2. The van der Waals surface area contributed by atoms with Crippen LogP contribution in [0.25, 0.3) is 0 Å². The van der Waals surface area contributed by atoms with Crippen LogP contribution in [0.5, 0.6) is 0 Å². The number of nitriles is 1. The van der Waals surface area contributed by atoms with Gasteiger partial charge in [-0.05, 0) is 78.9 Å². The van der Waals surface area contributed by atoms with Crippen molar-refractivity contribution in [2.75, 3.05) is 0 Å². The van der Waals surface area contributed by atoms with Crippen LogP contribution in [0.2, 0.25) is 0 Å². The molecule has 3 N–H and O–H groups in total. The van der Waals surface area contributed by atoms with Crippen LogP contribution in [0.1, 0.15) is 93.4 Å². The summed E-state index contributed by atoms with van der Waals surface area (Å²) < 4.78 is 0. The van der Waals surface area contributed by atoms with Gasteiger partial charge in [-0.1, -0.05) is 78.3 Å². The molecule has 5 heteroatoms. The molecule has 200 valence electrons. The summed E-state index contributed by atoms with van der Waals surface area (Å²) in [6, 6.07) is 1.81. The van der Waals surface area contributed by atoms with Crippen molar-refractivity contribution in [3.63, 3.8) is 0 Å². The van der Waals surface area contributed by atoms with Crippen LogP contribution in [0, 0.1) is 56.2 Å². The standard InChI is InChI=1S/C32H45N3O2/c1-19-15-23-29(6)16-20(18-33)25(36)28(4,5)22(29)9-10-30(23,7)31(8)12-14-32(35-26(34)37)13-11-27(2,3)17-21(32)24(19)31/h15-16,21-22,24H,1,9-14,17H2,2-8H3,(H3,34,35,37)/t21?,22-,24?,29-,30+,31+,32-/m0/s1. The van der Waals surface area contributed by atoms with Gasteiger partial charge < -0.3 is 11.1 Å². The summed E-state index contributed by atoms with van der Waals surface area (Å²) in [7, 11) is 0. The van der Waals surface area contributed by atoms with E-state index >= 15 is 0 Å². The van der Waals surface area contributed by atoms with Crippen molar-refractivity contribution in [3.05, 3.63) is 35.5 Å². The number of rotatable bonds is 1. The molecule has 0 aromatic carbocycles. The lowest BCUT2D eigenvalue weighted by molar-refractivity contribution is -0.138. The molecule has 0 aromatic heterocycles. The van der Waals surface area contributed by atoms with Gasteiger partial charge in [-0.3, -0.25) is 4.79 Å². The fraction of sp³-hybridized carbons (Fsp3) is 0.719. The van der Waals surface area contributed by atoms with Crippen LogP contribution in [0.3, 0.4) is 0 Å². The van der Waals surface area contributed by atoms with E-state index in [2.05, 4.69) is 52.1 Å². The predicted molar refractivity (Wildman–Crippen MR) is 146 cm³/mol. The molecule has 0 aliphatic heterocycles. The first-order chi connectivity index (χ1) is 17.0. The maximum atomic E-state index is 13.2. The van der Waals surface area contributed by atoms with Gasteiger partial charge in [-0.2, -0.15) is 5.26 Å². The Morgan fingerprint density at radius 3 is 2.35 bits per heavy atom. The van der Waals surface area contributed by atoms with Gasteiger partial charge in [0.25, 0.3) is 0 Å². The third kappa shape index (κ3) is 3.26. The number of nitrogens with zero attached hydrogens (tertiary/aromatic N) is 1. The minimum absolute atomic E-state index is 0.0233. The maximum absolute atomic E-state index is 13.2. The van der Waals surface area contributed by atoms with Crippen molar-refractivity contribution in [2.45, 2.75) is 99.0 Å². The molecule has 5 rings (SSSR count). The minimum Gasteiger partial charge on any atom is -0.352 e. The van der Waals surface area contributed by atoms with Gasteiger partial charge in [0.05, 0.1) is 5.57 Å². The number of hydrogen-bond donors (Lipinski definition) is 2. The third-order valence-electron chi connectivity index (χ3n) is 12.4. The Hall–Kier alpha value is -2.35. The second kappa shape index (κ2) is 7.61. The summed E-state index contributed by atoms with van der Waals surface area (Å²) in [6.45, 7) is 20.6. The molecule has 3 fully saturated rings. The number of primary amides is 1. The second-order valence-electron chi connectivity index (χ2n) is 15.1. The molecule has 0 bridgehead atoms. The lowest BCUT2D eigenvalue weighted by atomic mass is 9.34. The average molecular weight is 504 g/mol. The number of hydrogen-bond acceptors (Lipinski definition) is 3. The van der Waals surface area contributed by atoms with Crippen LogP contribution in [-0.2, 0) is 4.79 Å². The van der Waals surface area contributed by atoms with Crippen LogP contribution >= 0.6 is 0 Å². The smallest absolute Gasteiger partial charge is 0.312 e. The topological polar surface area (TPSA) is 96.0 Å². The second-order valence-corrected chi connectivity index (χ2v) is 15.1. The third-order valence-corrected chi connectivity index (χ3v) is 12.4. The molecule has 5 aliphatic carbocycles. The van der Waals surface area contributed by atoms with E-state index in [0.29, 0.717) is 5.57 Å². The summed E-state index contributed by atoms with van der Waals surface area (Å²) in [5, 5.41) is 13.2. The first kappa shape index (κ1) is 26.3. The normalized spacial score (nSPS) is 45.6. The van der Waals surface area contributed by atoms with Crippen molar-refractivity contribution >= 4 is 11.8 Å².